The van der Waals surface area contributed by atoms with Gasteiger partial charge in [-0.25, -0.2) is 0 Å². The maximum atomic E-state index is 11.6. The van der Waals surface area contributed by atoms with E-state index in [1.165, 1.54) is 16.7 Å². The van der Waals surface area contributed by atoms with Crippen LogP contribution in [-0.4, -0.2) is 22.8 Å². The van der Waals surface area contributed by atoms with Gasteiger partial charge in [-0.2, -0.15) is 0 Å². The molecule has 0 aliphatic carbocycles. The van der Waals surface area contributed by atoms with Gasteiger partial charge in [-0.1, -0.05) is 61.5 Å². The van der Waals surface area contributed by atoms with Crippen LogP contribution < -0.4 is 5.32 Å². The molecule has 0 aliphatic heterocycles. The Kier molecular flexibility index (Phi) is 6.15. The molecule has 0 saturated heterocycles. The van der Waals surface area contributed by atoms with Crippen molar-refractivity contribution < 1.29 is 4.21 Å². The summed E-state index contributed by atoms with van der Waals surface area (Å²) in [6, 6.07) is 19.1. The Balaban J connectivity index is 2.16. The summed E-state index contributed by atoms with van der Waals surface area (Å²) in [5, 5.41) is 3.48. The van der Waals surface area contributed by atoms with Gasteiger partial charge in [-0.15, -0.1) is 0 Å². The maximum Gasteiger partial charge on any atom is 0.0436 e. The SMILES string of the molecule is CCCNC(CS(C)=O)c1ccc(-c2ccccc2)cc1. The monoisotopic (exact) mass is 301 g/mol. The molecule has 2 unspecified atom stereocenters. The lowest BCUT2D eigenvalue weighted by atomic mass is 10.0. The standard InChI is InChI=1S/C18H23NOS/c1-3-13-19-18(14-21(2)20)17-11-9-16(10-12-17)15-7-5-4-6-8-15/h4-12,18-19H,3,13-14H2,1-2H3. The molecule has 0 saturated carbocycles. The highest BCUT2D eigenvalue weighted by atomic mass is 32.2. The fourth-order valence-electron chi connectivity index (χ4n) is 2.36. The van der Waals surface area contributed by atoms with Crippen molar-refractivity contribution in [2.24, 2.45) is 0 Å². The number of nitrogens with one attached hydrogen (secondary N) is 1. The quantitative estimate of drug-likeness (QED) is 0.843. The van der Waals surface area contributed by atoms with Gasteiger partial charge in [-0.05, 0) is 29.7 Å². The van der Waals surface area contributed by atoms with Gasteiger partial charge < -0.3 is 5.32 Å². The van der Waals surface area contributed by atoms with E-state index in [9.17, 15) is 4.21 Å². The highest BCUT2D eigenvalue weighted by Gasteiger charge is 2.12. The van der Waals surface area contributed by atoms with Crippen molar-refractivity contribution in [2.75, 3.05) is 18.6 Å². The lowest BCUT2D eigenvalue weighted by Crippen LogP contribution is -2.26. The van der Waals surface area contributed by atoms with Crippen molar-refractivity contribution in [3.05, 3.63) is 60.2 Å². The van der Waals surface area contributed by atoms with Gasteiger partial charge in [0.2, 0.25) is 0 Å². The predicted octanol–water partition coefficient (Wildman–Crippen LogP) is 3.77. The van der Waals surface area contributed by atoms with Crippen molar-refractivity contribution in [2.45, 2.75) is 19.4 Å². The molecular weight excluding hydrogens is 278 g/mol. The van der Waals surface area contributed by atoms with E-state index in [1.54, 1.807) is 6.26 Å². The minimum Gasteiger partial charge on any atom is -0.309 e. The average Bonchev–Trinajstić information content (AvgIpc) is 2.52. The average molecular weight is 301 g/mol. The largest absolute Gasteiger partial charge is 0.309 e. The Morgan fingerprint density at radius 3 is 2.19 bits per heavy atom. The van der Waals surface area contributed by atoms with Crippen LogP contribution in [0.5, 0.6) is 0 Å². The number of rotatable bonds is 7. The van der Waals surface area contributed by atoms with Gasteiger partial charge in [0.15, 0.2) is 0 Å². The Labute approximate surface area is 130 Å². The molecule has 0 aliphatic rings. The molecule has 0 fully saturated rings. The van der Waals surface area contributed by atoms with E-state index in [4.69, 9.17) is 0 Å². The van der Waals surface area contributed by atoms with Crippen LogP contribution in [0, 0.1) is 0 Å². The normalized spacial score (nSPS) is 13.8. The molecule has 0 radical (unpaired) electrons. The van der Waals surface area contributed by atoms with Crippen LogP contribution in [0.4, 0.5) is 0 Å². The van der Waals surface area contributed by atoms with E-state index in [2.05, 4.69) is 60.8 Å². The van der Waals surface area contributed by atoms with Crippen LogP contribution >= 0.6 is 0 Å². The Hall–Kier alpha value is -1.45. The lowest BCUT2D eigenvalue weighted by Gasteiger charge is -2.18. The van der Waals surface area contributed by atoms with Crippen LogP contribution in [0.1, 0.15) is 24.9 Å². The van der Waals surface area contributed by atoms with E-state index in [0.717, 1.165) is 13.0 Å². The molecule has 2 nitrogen and oxygen atoms in total. The maximum absolute atomic E-state index is 11.6. The van der Waals surface area contributed by atoms with E-state index >= 15 is 0 Å². The van der Waals surface area contributed by atoms with Gasteiger partial charge in [0.05, 0.1) is 0 Å². The molecule has 3 heteroatoms. The van der Waals surface area contributed by atoms with E-state index in [1.807, 2.05) is 6.07 Å². The first-order valence-corrected chi connectivity index (χ1v) is 9.12. The molecule has 0 amide bonds. The van der Waals surface area contributed by atoms with Crippen molar-refractivity contribution in [3.63, 3.8) is 0 Å². The van der Waals surface area contributed by atoms with Crippen molar-refractivity contribution in [1.29, 1.82) is 0 Å². The summed E-state index contributed by atoms with van der Waals surface area (Å²) < 4.78 is 11.6. The fraction of sp³-hybridized carbons (Fsp3) is 0.333. The molecule has 2 aromatic rings. The summed E-state index contributed by atoms with van der Waals surface area (Å²) in [5.74, 6) is 0.657. The van der Waals surface area contributed by atoms with Gasteiger partial charge in [-0.3, -0.25) is 4.21 Å². The van der Waals surface area contributed by atoms with Gasteiger partial charge in [0.1, 0.15) is 0 Å². The number of benzene rings is 2. The second-order valence-electron chi connectivity index (χ2n) is 5.23. The van der Waals surface area contributed by atoms with Crippen molar-refractivity contribution >= 4 is 10.8 Å². The molecule has 2 rings (SSSR count). The molecular formula is C18H23NOS. The topological polar surface area (TPSA) is 29.1 Å². The first-order chi connectivity index (χ1) is 10.2. The molecule has 1 N–H and O–H groups in total. The molecule has 112 valence electrons. The predicted molar refractivity (Wildman–Crippen MR) is 91.8 cm³/mol. The van der Waals surface area contributed by atoms with Crippen LogP contribution in [0.25, 0.3) is 11.1 Å². The van der Waals surface area contributed by atoms with Gasteiger partial charge in [0, 0.05) is 28.9 Å². The molecule has 0 bridgehead atoms. The smallest absolute Gasteiger partial charge is 0.0436 e. The van der Waals surface area contributed by atoms with Crippen LogP contribution in [-0.2, 0) is 10.8 Å². The van der Waals surface area contributed by atoms with Crippen molar-refractivity contribution in [3.8, 4) is 11.1 Å². The highest BCUT2D eigenvalue weighted by Crippen LogP contribution is 2.22. The highest BCUT2D eigenvalue weighted by molar-refractivity contribution is 7.84. The minimum atomic E-state index is -0.803. The molecule has 0 heterocycles. The number of hydrogen-bond acceptors (Lipinski definition) is 2. The first-order valence-electron chi connectivity index (χ1n) is 7.39. The Morgan fingerprint density at radius 2 is 1.62 bits per heavy atom. The summed E-state index contributed by atoms with van der Waals surface area (Å²) in [4.78, 5) is 0. The van der Waals surface area contributed by atoms with Crippen LogP contribution in [0.3, 0.4) is 0 Å². The molecule has 2 atom stereocenters. The zero-order valence-corrected chi connectivity index (χ0v) is 13.5. The zero-order valence-electron chi connectivity index (χ0n) is 12.7. The van der Waals surface area contributed by atoms with Crippen molar-refractivity contribution in [1.82, 2.24) is 5.32 Å². The Morgan fingerprint density at radius 1 is 1.00 bits per heavy atom. The molecule has 0 spiro atoms. The second kappa shape index (κ2) is 8.11. The van der Waals surface area contributed by atoms with E-state index in [0.29, 0.717) is 5.75 Å². The summed E-state index contributed by atoms with van der Waals surface area (Å²) in [7, 11) is -0.803. The zero-order chi connectivity index (χ0) is 15.1. The lowest BCUT2D eigenvalue weighted by molar-refractivity contribution is 0.570. The summed E-state index contributed by atoms with van der Waals surface area (Å²) in [6.45, 7) is 3.09. The fourth-order valence-corrected chi connectivity index (χ4v) is 3.14. The third kappa shape index (κ3) is 4.80. The summed E-state index contributed by atoms with van der Waals surface area (Å²) in [6.07, 6.45) is 2.84. The summed E-state index contributed by atoms with van der Waals surface area (Å²) in [5.41, 5.74) is 3.64. The first kappa shape index (κ1) is 15.9. The molecule has 21 heavy (non-hydrogen) atoms. The minimum absolute atomic E-state index is 0.167. The Bertz CT molecular complexity index is 566. The van der Waals surface area contributed by atoms with E-state index in [-0.39, 0.29) is 6.04 Å². The third-order valence-electron chi connectivity index (χ3n) is 3.46. The second-order valence-corrected chi connectivity index (χ2v) is 6.71. The molecule has 2 aromatic carbocycles. The van der Waals surface area contributed by atoms with Gasteiger partial charge >= 0.3 is 0 Å². The van der Waals surface area contributed by atoms with Gasteiger partial charge in [0.25, 0.3) is 0 Å². The van der Waals surface area contributed by atoms with Crippen LogP contribution in [0.15, 0.2) is 54.6 Å². The van der Waals surface area contributed by atoms with E-state index < -0.39 is 10.8 Å². The van der Waals surface area contributed by atoms with Crippen LogP contribution in [0.2, 0.25) is 0 Å². The molecule has 0 aromatic heterocycles. The third-order valence-corrected chi connectivity index (χ3v) is 4.27. The number of hydrogen-bond donors (Lipinski definition) is 1. The summed E-state index contributed by atoms with van der Waals surface area (Å²) >= 11 is 0.